The molecule has 6 N–H and O–H groups in total. The van der Waals surface area contributed by atoms with Crippen LogP contribution < -0.4 is 17.2 Å². The Morgan fingerprint density at radius 2 is 0.750 bits per heavy atom. The first-order valence-electron chi connectivity index (χ1n) is 8.83. The summed E-state index contributed by atoms with van der Waals surface area (Å²) < 4.78 is 0. The van der Waals surface area contributed by atoms with Gasteiger partial charge < -0.3 is 17.2 Å². The molecule has 0 unspecified atom stereocenters. The van der Waals surface area contributed by atoms with Crippen LogP contribution in [-0.2, 0) is 19.3 Å². The Labute approximate surface area is 147 Å². The largest absolute Gasteiger partial charge is 0.326 e. The molecule has 0 aliphatic rings. The third kappa shape index (κ3) is 9.90. The minimum absolute atomic E-state index is 0.231. The van der Waals surface area contributed by atoms with E-state index in [0.717, 1.165) is 56.0 Å². The summed E-state index contributed by atoms with van der Waals surface area (Å²) in [5.74, 6) is 2.45. The van der Waals surface area contributed by atoms with Crippen molar-refractivity contribution in [2.75, 3.05) is 0 Å². The SMILES string of the molecule is CC(C)(N)CCc1nc(CCC(C)(C)N)nc(CCC(C)(C)N)n1. The molecule has 1 aromatic rings. The molecule has 1 heterocycles. The Morgan fingerprint density at radius 1 is 0.542 bits per heavy atom. The van der Waals surface area contributed by atoms with Gasteiger partial charge in [0.15, 0.2) is 0 Å². The van der Waals surface area contributed by atoms with Crippen LogP contribution in [0.25, 0.3) is 0 Å². The summed E-state index contributed by atoms with van der Waals surface area (Å²) in [6, 6.07) is 0. The first-order chi connectivity index (χ1) is 10.7. The van der Waals surface area contributed by atoms with Crippen LogP contribution in [0.4, 0.5) is 0 Å². The van der Waals surface area contributed by atoms with Crippen molar-refractivity contribution in [3.63, 3.8) is 0 Å². The van der Waals surface area contributed by atoms with Gasteiger partial charge in [0.2, 0.25) is 0 Å². The van der Waals surface area contributed by atoms with Gasteiger partial charge in [0.1, 0.15) is 17.5 Å². The molecule has 0 radical (unpaired) electrons. The Bertz CT molecular complexity index is 431. The van der Waals surface area contributed by atoms with Crippen LogP contribution in [0.2, 0.25) is 0 Å². The number of nitrogens with two attached hydrogens (primary N) is 3. The fraction of sp³-hybridized carbons (Fsp3) is 0.833. The van der Waals surface area contributed by atoms with Crippen molar-refractivity contribution < 1.29 is 0 Å². The quantitative estimate of drug-likeness (QED) is 0.634. The zero-order valence-electron chi connectivity index (χ0n) is 16.3. The topological polar surface area (TPSA) is 117 Å². The van der Waals surface area contributed by atoms with E-state index in [4.69, 9.17) is 17.2 Å². The number of aryl methyl sites for hydroxylation is 3. The molecule has 0 spiro atoms. The summed E-state index contributed by atoms with van der Waals surface area (Å²) in [5.41, 5.74) is 17.6. The fourth-order valence-corrected chi connectivity index (χ4v) is 2.16. The molecule has 0 aliphatic heterocycles. The minimum atomic E-state index is -0.231. The summed E-state index contributed by atoms with van der Waals surface area (Å²) >= 11 is 0. The zero-order valence-corrected chi connectivity index (χ0v) is 16.3. The summed E-state index contributed by atoms with van der Waals surface area (Å²) in [6.07, 6.45) is 4.76. The van der Waals surface area contributed by atoms with Crippen molar-refractivity contribution in [2.24, 2.45) is 17.2 Å². The zero-order chi connectivity index (χ0) is 18.6. The standard InChI is InChI=1S/C18H36N6/c1-16(2,19)10-7-13-22-14(8-11-17(3,4)20)24-15(23-13)9-12-18(5,6)21/h7-12,19-21H2,1-6H3. The van der Waals surface area contributed by atoms with Crippen LogP contribution in [0.3, 0.4) is 0 Å². The van der Waals surface area contributed by atoms with Crippen molar-refractivity contribution >= 4 is 0 Å². The molecule has 1 aromatic heterocycles. The number of hydrogen-bond donors (Lipinski definition) is 3. The van der Waals surface area contributed by atoms with Crippen molar-refractivity contribution in [2.45, 2.75) is 96.7 Å². The highest BCUT2D eigenvalue weighted by atomic mass is 15.0. The van der Waals surface area contributed by atoms with E-state index >= 15 is 0 Å². The molecule has 0 bridgehead atoms. The van der Waals surface area contributed by atoms with E-state index in [9.17, 15) is 0 Å². The molecule has 24 heavy (non-hydrogen) atoms. The predicted molar refractivity (Wildman–Crippen MR) is 99.6 cm³/mol. The maximum absolute atomic E-state index is 6.09. The molecule has 6 nitrogen and oxygen atoms in total. The lowest BCUT2D eigenvalue weighted by Crippen LogP contribution is -2.33. The summed E-state index contributed by atoms with van der Waals surface area (Å²) in [6.45, 7) is 12.1. The second kappa shape index (κ2) is 7.85. The predicted octanol–water partition coefficient (Wildman–Crippen LogP) is 1.88. The molecule has 6 heteroatoms. The van der Waals surface area contributed by atoms with E-state index < -0.39 is 0 Å². The van der Waals surface area contributed by atoms with E-state index in [-0.39, 0.29) is 16.6 Å². The lowest BCUT2D eigenvalue weighted by Gasteiger charge is -2.20. The first kappa shape index (κ1) is 20.9. The maximum atomic E-state index is 6.09. The maximum Gasteiger partial charge on any atom is 0.132 e. The highest BCUT2D eigenvalue weighted by molar-refractivity contribution is 5.01. The molecule has 0 fully saturated rings. The molecule has 138 valence electrons. The molecule has 1 rings (SSSR count). The van der Waals surface area contributed by atoms with E-state index in [1.165, 1.54) is 0 Å². The average Bonchev–Trinajstić information content (AvgIpc) is 2.38. The molecule has 0 aromatic carbocycles. The highest BCUT2D eigenvalue weighted by Crippen LogP contribution is 2.13. The molecule has 0 amide bonds. The van der Waals surface area contributed by atoms with Crippen LogP contribution >= 0.6 is 0 Å². The summed E-state index contributed by atoms with van der Waals surface area (Å²) in [5, 5.41) is 0. The van der Waals surface area contributed by atoms with Gasteiger partial charge in [-0.15, -0.1) is 0 Å². The van der Waals surface area contributed by atoms with E-state index in [1.54, 1.807) is 0 Å². The third-order valence-electron chi connectivity index (χ3n) is 3.75. The minimum Gasteiger partial charge on any atom is -0.326 e. The lowest BCUT2D eigenvalue weighted by molar-refractivity contribution is 0.453. The highest BCUT2D eigenvalue weighted by Gasteiger charge is 2.17. The van der Waals surface area contributed by atoms with Crippen LogP contribution in [0.1, 0.15) is 78.3 Å². The van der Waals surface area contributed by atoms with Gasteiger partial charge in [-0.1, -0.05) is 0 Å². The van der Waals surface area contributed by atoms with Crippen molar-refractivity contribution in [1.29, 1.82) is 0 Å². The fourth-order valence-electron chi connectivity index (χ4n) is 2.16. The van der Waals surface area contributed by atoms with Crippen molar-refractivity contribution in [1.82, 2.24) is 15.0 Å². The Morgan fingerprint density at radius 3 is 0.917 bits per heavy atom. The van der Waals surface area contributed by atoms with Crippen LogP contribution in [0, 0.1) is 0 Å². The smallest absolute Gasteiger partial charge is 0.132 e. The molecule has 0 saturated heterocycles. The van der Waals surface area contributed by atoms with E-state index in [0.29, 0.717) is 0 Å². The van der Waals surface area contributed by atoms with Crippen LogP contribution in [0.5, 0.6) is 0 Å². The van der Waals surface area contributed by atoms with Gasteiger partial charge in [-0.2, -0.15) is 0 Å². The average molecular weight is 337 g/mol. The molecule has 0 atom stereocenters. The summed E-state index contributed by atoms with van der Waals surface area (Å²) in [7, 11) is 0. The number of nitrogens with zero attached hydrogens (tertiary/aromatic N) is 3. The van der Waals surface area contributed by atoms with Gasteiger partial charge in [-0.05, 0) is 60.8 Å². The second-order valence-electron chi connectivity index (χ2n) is 9.05. The van der Waals surface area contributed by atoms with E-state index in [2.05, 4.69) is 15.0 Å². The van der Waals surface area contributed by atoms with Gasteiger partial charge in [0.25, 0.3) is 0 Å². The Balaban J connectivity index is 2.91. The molecule has 0 saturated carbocycles. The van der Waals surface area contributed by atoms with Gasteiger partial charge >= 0.3 is 0 Å². The van der Waals surface area contributed by atoms with Crippen molar-refractivity contribution in [3.05, 3.63) is 17.5 Å². The lowest BCUT2D eigenvalue weighted by atomic mass is 9.98. The van der Waals surface area contributed by atoms with Gasteiger partial charge in [-0.25, -0.2) is 15.0 Å². The van der Waals surface area contributed by atoms with Crippen LogP contribution in [-0.4, -0.2) is 31.6 Å². The van der Waals surface area contributed by atoms with Gasteiger partial charge in [0, 0.05) is 35.9 Å². The Hall–Kier alpha value is -1.11. The van der Waals surface area contributed by atoms with Gasteiger partial charge in [-0.3, -0.25) is 0 Å². The first-order valence-corrected chi connectivity index (χ1v) is 8.83. The Kier molecular flexibility index (Phi) is 6.84. The monoisotopic (exact) mass is 336 g/mol. The second-order valence-corrected chi connectivity index (χ2v) is 9.05. The van der Waals surface area contributed by atoms with Crippen molar-refractivity contribution in [3.8, 4) is 0 Å². The molecule has 0 aliphatic carbocycles. The number of rotatable bonds is 9. The molecular formula is C18H36N6. The van der Waals surface area contributed by atoms with E-state index in [1.807, 2.05) is 41.5 Å². The number of hydrogen-bond acceptors (Lipinski definition) is 6. The number of aromatic nitrogens is 3. The molecular weight excluding hydrogens is 300 g/mol. The van der Waals surface area contributed by atoms with Gasteiger partial charge in [0.05, 0.1) is 0 Å². The summed E-state index contributed by atoms with van der Waals surface area (Å²) in [4.78, 5) is 13.9. The van der Waals surface area contributed by atoms with Crippen LogP contribution in [0.15, 0.2) is 0 Å². The third-order valence-corrected chi connectivity index (χ3v) is 3.75. The normalized spacial score (nSPS) is 13.4.